The second-order valence-corrected chi connectivity index (χ2v) is 7.52. The Kier molecular flexibility index (Phi) is 4.38. The molecule has 0 amide bonds. The van der Waals surface area contributed by atoms with Crippen molar-refractivity contribution in [1.82, 2.24) is 14.9 Å². The largest absolute Gasteiger partial charge is 0.298 e. The van der Waals surface area contributed by atoms with E-state index in [9.17, 15) is 0 Å². The Morgan fingerprint density at radius 2 is 1.87 bits per heavy atom. The van der Waals surface area contributed by atoms with Gasteiger partial charge in [-0.3, -0.25) is 4.90 Å². The smallest absolute Gasteiger partial charge is 0.161 e. The topological polar surface area (TPSA) is 29.0 Å². The van der Waals surface area contributed by atoms with Gasteiger partial charge in [-0.25, -0.2) is 9.97 Å². The van der Waals surface area contributed by atoms with Crippen LogP contribution in [-0.4, -0.2) is 46.0 Å². The fourth-order valence-electron chi connectivity index (χ4n) is 3.10. The van der Waals surface area contributed by atoms with E-state index in [1.807, 2.05) is 42.1 Å². The van der Waals surface area contributed by atoms with Gasteiger partial charge in [0.15, 0.2) is 5.82 Å². The normalized spacial score (nSPS) is 17.9. The highest BCUT2D eigenvalue weighted by atomic mass is 35.5. The van der Waals surface area contributed by atoms with Crippen LogP contribution in [0.25, 0.3) is 17.5 Å². The van der Waals surface area contributed by atoms with Gasteiger partial charge in [-0.1, -0.05) is 41.9 Å². The van der Waals surface area contributed by atoms with E-state index in [2.05, 4.69) is 16.0 Å². The summed E-state index contributed by atoms with van der Waals surface area (Å²) < 4.78 is 0. The zero-order chi connectivity index (χ0) is 15.6. The minimum Gasteiger partial charge on any atom is -0.298 e. The van der Waals surface area contributed by atoms with Crippen LogP contribution in [0.15, 0.2) is 35.9 Å². The number of thioether (sulfide) groups is 1. The van der Waals surface area contributed by atoms with Crippen molar-refractivity contribution in [3.8, 4) is 11.4 Å². The van der Waals surface area contributed by atoms with Gasteiger partial charge < -0.3 is 0 Å². The molecule has 0 bridgehead atoms. The van der Waals surface area contributed by atoms with Gasteiger partial charge in [0.05, 0.1) is 5.69 Å². The average Bonchev–Trinajstić information content (AvgIpc) is 2.99. The summed E-state index contributed by atoms with van der Waals surface area (Å²) in [5.74, 6) is 3.19. The fourth-order valence-corrected chi connectivity index (χ4v) is 4.32. The minimum atomic E-state index is 0.568. The maximum Gasteiger partial charge on any atom is 0.161 e. The molecule has 2 heterocycles. The number of benzene rings is 1. The minimum absolute atomic E-state index is 0.568. The molecule has 5 heteroatoms. The second kappa shape index (κ2) is 6.63. The van der Waals surface area contributed by atoms with Gasteiger partial charge in [-0.15, -0.1) is 0 Å². The van der Waals surface area contributed by atoms with Crippen molar-refractivity contribution in [2.75, 3.05) is 31.1 Å². The molecule has 1 aliphatic carbocycles. The Labute approximate surface area is 145 Å². The zero-order valence-electron chi connectivity index (χ0n) is 12.8. The van der Waals surface area contributed by atoms with Crippen LogP contribution >= 0.6 is 23.4 Å². The lowest BCUT2D eigenvalue weighted by Gasteiger charge is -2.26. The molecule has 0 radical (unpaired) electrons. The molecule has 2 aliphatic rings. The highest BCUT2D eigenvalue weighted by Crippen LogP contribution is 2.31. The number of hydrogen-bond acceptors (Lipinski definition) is 4. The van der Waals surface area contributed by atoms with Crippen LogP contribution in [0.1, 0.15) is 11.3 Å². The summed E-state index contributed by atoms with van der Waals surface area (Å²) in [5.41, 5.74) is 4.48. The summed E-state index contributed by atoms with van der Waals surface area (Å²) in [5, 5.41) is 0.568. The van der Waals surface area contributed by atoms with Gasteiger partial charge in [0.25, 0.3) is 0 Å². The Balaban J connectivity index is 1.56. The quantitative estimate of drug-likeness (QED) is 0.793. The number of rotatable bonds is 3. The van der Waals surface area contributed by atoms with Gasteiger partial charge in [0.1, 0.15) is 5.15 Å². The monoisotopic (exact) mass is 343 g/mol. The third kappa shape index (κ3) is 3.30. The second-order valence-electron chi connectivity index (χ2n) is 5.93. The van der Waals surface area contributed by atoms with Crippen LogP contribution in [0.2, 0.25) is 5.15 Å². The van der Waals surface area contributed by atoms with Crippen molar-refractivity contribution in [2.24, 2.45) is 0 Å². The Hall–Kier alpha value is -1.36. The van der Waals surface area contributed by atoms with Crippen LogP contribution < -0.4 is 0 Å². The lowest BCUT2D eigenvalue weighted by Crippen LogP contribution is -2.34. The van der Waals surface area contributed by atoms with Crippen LogP contribution in [-0.2, 0) is 6.42 Å². The summed E-state index contributed by atoms with van der Waals surface area (Å²) in [4.78, 5) is 11.8. The predicted molar refractivity (Wildman–Crippen MR) is 97.9 cm³/mol. The van der Waals surface area contributed by atoms with Gasteiger partial charge in [0, 0.05) is 48.7 Å². The molecule has 1 aliphatic heterocycles. The first-order valence-electron chi connectivity index (χ1n) is 7.91. The van der Waals surface area contributed by atoms with Crippen molar-refractivity contribution >= 4 is 29.4 Å². The van der Waals surface area contributed by atoms with Gasteiger partial charge in [-0.2, -0.15) is 11.8 Å². The lowest BCUT2D eigenvalue weighted by molar-refractivity contribution is 0.327. The summed E-state index contributed by atoms with van der Waals surface area (Å²) in [6.45, 7) is 3.37. The Morgan fingerprint density at radius 3 is 2.65 bits per heavy atom. The molecule has 0 spiro atoms. The summed E-state index contributed by atoms with van der Waals surface area (Å²) in [7, 11) is 0. The summed E-state index contributed by atoms with van der Waals surface area (Å²) >= 11 is 8.46. The molecular weight excluding hydrogens is 326 g/mol. The van der Waals surface area contributed by atoms with E-state index in [1.165, 1.54) is 30.2 Å². The molecule has 4 rings (SSSR count). The van der Waals surface area contributed by atoms with E-state index < -0.39 is 0 Å². The first kappa shape index (κ1) is 15.2. The molecule has 0 unspecified atom stereocenters. The molecule has 1 fully saturated rings. The molecule has 118 valence electrons. The first-order valence-corrected chi connectivity index (χ1v) is 9.44. The van der Waals surface area contributed by atoms with E-state index in [1.54, 1.807) is 0 Å². The Bertz CT molecular complexity index is 739. The van der Waals surface area contributed by atoms with E-state index in [0.29, 0.717) is 5.15 Å². The highest BCUT2D eigenvalue weighted by molar-refractivity contribution is 7.99. The zero-order valence-corrected chi connectivity index (χ0v) is 14.4. The molecule has 2 aromatic rings. The lowest BCUT2D eigenvalue weighted by atomic mass is 10.2. The summed E-state index contributed by atoms with van der Waals surface area (Å²) in [6.07, 6.45) is 3.08. The molecule has 23 heavy (non-hydrogen) atoms. The molecule has 3 nitrogen and oxygen atoms in total. The van der Waals surface area contributed by atoms with Gasteiger partial charge in [0.2, 0.25) is 0 Å². The summed E-state index contributed by atoms with van der Waals surface area (Å²) in [6, 6.07) is 10.0. The molecule has 1 aromatic carbocycles. The Morgan fingerprint density at radius 1 is 1.09 bits per heavy atom. The van der Waals surface area contributed by atoms with Crippen LogP contribution in [0.5, 0.6) is 0 Å². The van der Waals surface area contributed by atoms with E-state index >= 15 is 0 Å². The number of halogens is 1. The van der Waals surface area contributed by atoms with Crippen LogP contribution in [0.3, 0.4) is 0 Å². The van der Waals surface area contributed by atoms with Crippen molar-refractivity contribution in [1.29, 1.82) is 0 Å². The number of aromatic nitrogens is 2. The van der Waals surface area contributed by atoms with E-state index in [4.69, 9.17) is 16.6 Å². The first-order chi connectivity index (χ1) is 11.3. The molecular formula is C18H18ClN3S. The number of nitrogens with zero attached hydrogens (tertiary/aromatic N) is 3. The third-order valence-electron chi connectivity index (χ3n) is 4.28. The number of fused-ring (bicyclic) bond motifs is 1. The van der Waals surface area contributed by atoms with Gasteiger partial charge >= 0.3 is 0 Å². The SMILES string of the molecule is Clc1nc(-c2ccccc2)nc2c1C=C(CN1CCSCC1)C2. The number of hydrogen-bond donors (Lipinski definition) is 0. The molecule has 0 saturated carbocycles. The van der Waals surface area contributed by atoms with E-state index in [-0.39, 0.29) is 0 Å². The average molecular weight is 344 g/mol. The van der Waals surface area contributed by atoms with E-state index in [0.717, 1.165) is 35.6 Å². The standard InChI is InChI=1S/C18H18ClN3S/c19-17-15-10-13(12-22-6-8-23-9-7-22)11-16(15)20-18(21-17)14-4-2-1-3-5-14/h1-5,10H,6-9,11-12H2. The molecule has 1 saturated heterocycles. The van der Waals surface area contributed by atoms with Crippen molar-refractivity contribution in [3.63, 3.8) is 0 Å². The highest BCUT2D eigenvalue weighted by Gasteiger charge is 2.22. The van der Waals surface area contributed by atoms with Gasteiger partial charge in [-0.05, 0) is 11.6 Å². The van der Waals surface area contributed by atoms with Crippen molar-refractivity contribution < 1.29 is 0 Å². The van der Waals surface area contributed by atoms with Crippen LogP contribution in [0, 0.1) is 0 Å². The van der Waals surface area contributed by atoms with Crippen LogP contribution in [0.4, 0.5) is 0 Å². The van der Waals surface area contributed by atoms with Crippen molar-refractivity contribution in [3.05, 3.63) is 52.3 Å². The third-order valence-corrected chi connectivity index (χ3v) is 5.51. The molecule has 0 atom stereocenters. The maximum absolute atomic E-state index is 6.42. The maximum atomic E-state index is 6.42. The molecule has 0 N–H and O–H groups in total. The fraction of sp³-hybridized carbons (Fsp3) is 0.333. The molecule has 1 aromatic heterocycles. The predicted octanol–water partition coefficient (Wildman–Crippen LogP) is 3.79. The van der Waals surface area contributed by atoms with Crippen molar-refractivity contribution in [2.45, 2.75) is 6.42 Å².